The molecule has 3 heteroatoms. The molecule has 1 N–H and O–H groups in total. The Morgan fingerprint density at radius 1 is 1.35 bits per heavy atom. The SMILES string of the molecule is CC(C)(C)NCC1(Cc2cncc(Br)c2)CC1. The molecule has 1 aromatic heterocycles. The zero-order chi connectivity index (χ0) is 12.5. The van der Waals surface area contributed by atoms with Gasteiger partial charge in [-0.2, -0.15) is 0 Å². The van der Waals surface area contributed by atoms with Crippen LogP contribution in [-0.4, -0.2) is 17.1 Å². The summed E-state index contributed by atoms with van der Waals surface area (Å²) in [6.07, 6.45) is 7.64. The monoisotopic (exact) mass is 296 g/mol. The second kappa shape index (κ2) is 4.69. The van der Waals surface area contributed by atoms with Gasteiger partial charge >= 0.3 is 0 Å². The highest BCUT2D eigenvalue weighted by Crippen LogP contribution is 2.48. The minimum Gasteiger partial charge on any atom is -0.312 e. The standard InChI is InChI=1S/C14H21BrN2/c1-13(2,3)17-10-14(4-5-14)7-11-6-12(15)9-16-8-11/h6,8-9,17H,4-5,7,10H2,1-3H3. The van der Waals surface area contributed by atoms with Gasteiger partial charge in [0.2, 0.25) is 0 Å². The molecule has 0 amide bonds. The number of hydrogen-bond donors (Lipinski definition) is 1. The Balaban J connectivity index is 1.94. The summed E-state index contributed by atoms with van der Waals surface area (Å²) in [6.45, 7) is 7.79. The van der Waals surface area contributed by atoms with Gasteiger partial charge in [-0.05, 0) is 73.0 Å². The molecule has 0 saturated heterocycles. The first-order valence-corrected chi connectivity index (χ1v) is 7.02. The zero-order valence-corrected chi connectivity index (χ0v) is 12.5. The maximum atomic E-state index is 4.24. The highest BCUT2D eigenvalue weighted by molar-refractivity contribution is 9.10. The number of pyridine rings is 1. The Morgan fingerprint density at radius 3 is 2.59 bits per heavy atom. The van der Waals surface area contributed by atoms with Crippen molar-refractivity contribution >= 4 is 15.9 Å². The van der Waals surface area contributed by atoms with Gasteiger partial charge in [0, 0.05) is 29.0 Å². The minimum atomic E-state index is 0.213. The van der Waals surface area contributed by atoms with Gasteiger partial charge in [0.15, 0.2) is 0 Å². The average Bonchev–Trinajstić information content (AvgIpc) is 2.95. The van der Waals surface area contributed by atoms with E-state index >= 15 is 0 Å². The normalized spacial score (nSPS) is 18.1. The van der Waals surface area contributed by atoms with Crippen LogP contribution in [0.2, 0.25) is 0 Å². The molecule has 1 aliphatic rings. The van der Waals surface area contributed by atoms with Crippen LogP contribution in [0.4, 0.5) is 0 Å². The number of rotatable bonds is 4. The molecule has 0 aliphatic heterocycles. The minimum absolute atomic E-state index is 0.213. The van der Waals surface area contributed by atoms with Crippen molar-refractivity contribution in [2.24, 2.45) is 5.41 Å². The molecule has 2 rings (SSSR count). The van der Waals surface area contributed by atoms with E-state index in [2.05, 4.69) is 53.1 Å². The molecule has 1 heterocycles. The first-order chi connectivity index (χ1) is 7.89. The Labute approximate surface area is 112 Å². The fourth-order valence-corrected chi connectivity index (χ4v) is 2.44. The molecule has 0 spiro atoms. The van der Waals surface area contributed by atoms with Crippen LogP contribution in [0.1, 0.15) is 39.2 Å². The molecule has 1 fully saturated rings. The lowest BCUT2D eigenvalue weighted by Crippen LogP contribution is -2.40. The third-order valence-electron chi connectivity index (χ3n) is 3.29. The van der Waals surface area contributed by atoms with Gasteiger partial charge in [-0.15, -0.1) is 0 Å². The van der Waals surface area contributed by atoms with Crippen molar-refractivity contribution in [3.63, 3.8) is 0 Å². The van der Waals surface area contributed by atoms with Crippen LogP contribution in [0.3, 0.4) is 0 Å². The van der Waals surface area contributed by atoms with Gasteiger partial charge in [-0.3, -0.25) is 4.98 Å². The van der Waals surface area contributed by atoms with Crippen LogP contribution in [0.15, 0.2) is 22.9 Å². The van der Waals surface area contributed by atoms with E-state index < -0.39 is 0 Å². The number of hydrogen-bond acceptors (Lipinski definition) is 2. The Bertz CT molecular complexity index is 391. The summed E-state index contributed by atoms with van der Waals surface area (Å²) in [7, 11) is 0. The molecule has 0 radical (unpaired) electrons. The first-order valence-electron chi connectivity index (χ1n) is 6.23. The summed E-state index contributed by atoms with van der Waals surface area (Å²) in [5, 5.41) is 3.63. The van der Waals surface area contributed by atoms with Gasteiger partial charge in [-0.25, -0.2) is 0 Å². The molecule has 17 heavy (non-hydrogen) atoms. The topological polar surface area (TPSA) is 24.9 Å². The number of aromatic nitrogens is 1. The lowest BCUT2D eigenvalue weighted by atomic mass is 9.96. The Morgan fingerprint density at radius 2 is 2.06 bits per heavy atom. The predicted octanol–water partition coefficient (Wildman–Crippen LogP) is 3.55. The summed E-state index contributed by atoms with van der Waals surface area (Å²) in [4.78, 5) is 4.24. The molecular formula is C14H21BrN2. The highest BCUT2D eigenvalue weighted by Gasteiger charge is 2.42. The average molecular weight is 297 g/mol. The second-order valence-corrected chi connectivity index (χ2v) is 7.21. The van der Waals surface area contributed by atoms with Crippen molar-refractivity contribution < 1.29 is 0 Å². The number of nitrogens with one attached hydrogen (secondary N) is 1. The molecule has 1 aliphatic carbocycles. The molecule has 0 aromatic carbocycles. The molecule has 94 valence electrons. The van der Waals surface area contributed by atoms with E-state index in [-0.39, 0.29) is 5.54 Å². The first kappa shape index (κ1) is 13.0. The van der Waals surface area contributed by atoms with E-state index in [1.807, 2.05) is 12.4 Å². The number of halogens is 1. The van der Waals surface area contributed by atoms with Crippen LogP contribution in [-0.2, 0) is 6.42 Å². The van der Waals surface area contributed by atoms with Crippen molar-refractivity contribution in [2.75, 3.05) is 6.54 Å². The molecule has 1 aromatic rings. The number of nitrogens with zero attached hydrogens (tertiary/aromatic N) is 1. The van der Waals surface area contributed by atoms with Gasteiger partial charge in [0.1, 0.15) is 0 Å². The second-order valence-electron chi connectivity index (χ2n) is 6.29. The maximum absolute atomic E-state index is 4.24. The van der Waals surface area contributed by atoms with Crippen molar-refractivity contribution in [1.82, 2.24) is 10.3 Å². The summed E-state index contributed by atoms with van der Waals surface area (Å²) < 4.78 is 1.08. The zero-order valence-electron chi connectivity index (χ0n) is 10.9. The van der Waals surface area contributed by atoms with Crippen LogP contribution in [0.25, 0.3) is 0 Å². The van der Waals surface area contributed by atoms with E-state index in [9.17, 15) is 0 Å². The van der Waals surface area contributed by atoms with Gasteiger partial charge in [0.25, 0.3) is 0 Å². The van der Waals surface area contributed by atoms with E-state index in [1.165, 1.54) is 18.4 Å². The molecule has 0 bridgehead atoms. The fourth-order valence-electron chi connectivity index (χ4n) is 2.03. The van der Waals surface area contributed by atoms with Crippen molar-refractivity contribution in [3.05, 3.63) is 28.5 Å². The van der Waals surface area contributed by atoms with Crippen LogP contribution in [0.5, 0.6) is 0 Å². The lowest BCUT2D eigenvalue weighted by Gasteiger charge is -2.25. The quantitative estimate of drug-likeness (QED) is 0.919. The van der Waals surface area contributed by atoms with Crippen LogP contribution >= 0.6 is 15.9 Å². The van der Waals surface area contributed by atoms with Crippen molar-refractivity contribution in [2.45, 2.75) is 45.6 Å². The smallest absolute Gasteiger partial charge is 0.0410 e. The Kier molecular flexibility index (Phi) is 3.60. The maximum Gasteiger partial charge on any atom is 0.0410 e. The lowest BCUT2D eigenvalue weighted by molar-refractivity contribution is 0.356. The van der Waals surface area contributed by atoms with Gasteiger partial charge in [-0.1, -0.05) is 0 Å². The van der Waals surface area contributed by atoms with E-state index in [4.69, 9.17) is 0 Å². The molecule has 0 atom stereocenters. The van der Waals surface area contributed by atoms with E-state index in [0.29, 0.717) is 5.41 Å². The van der Waals surface area contributed by atoms with E-state index in [0.717, 1.165) is 17.4 Å². The van der Waals surface area contributed by atoms with Gasteiger partial charge < -0.3 is 5.32 Å². The predicted molar refractivity (Wildman–Crippen MR) is 75.1 cm³/mol. The fraction of sp³-hybridized carbons (Fsp3) is 0.643. The molecule has 0 unspecified atom stereocenters. The highest BCUT2D eigenvalue weighted by atomic mass is 79.9. The summed E-state index contributed by atoms with van der Waals surface area (Å²) in [5.41, 5.74) is 2.04. The van der Waals surface area contributed by atoms with Crippen molar-refractivity contribution in [3.8, 4) is 0 Å². The Hall–Kier alpha value is -0.410. The largest absolute Gasteiger partial charge is 0.312 e. The molecule has 1 saturated carbocycles. The summed E-state index contributed by atoms with van der Waals surface area (Å²) in [5.74, 6) is 0. The summed E-state index contributed by atoms with van der Waals surface area (Å²) >= 11 is 3.48. The molecular weight excluding hydrogens is 276 g/mol. The third kappa shape index (κ3) is 4.07. The van der Waals surface area contributed by atoms with Crippen molar-refractivity contribution in [1.29, 1.82) is 0 Å². The van der Waals surface area contributed by atoms with Crippen LogP contribution in [0, 0.1) is 5.41 Å². The van der Waals surface area contributed by atoms with Crippen LogP contribution < -0.4 is 5.32 Å². The third-order valence-corrected chi connectivity index (χ3v) is 3.73. The molecule has 2 nitrogen and oxygen atoms in total. The van der Waals surface area contributed by atoms with E-state index in [1.54, 1.807) is 0 Å². The summed E-state index contributed by atoms with van der Waals surface area (Å²) in [6, 6.07) is 2.18. The van der Waals surface area contributed by atoms with Gasteiger partial charge in [0.05, 0.1) is 0 Å².